The van der Waals surface area contributed by atoms with Crippen LogP contribution in [-0.2, 0) is 22.4 Å². The fraction of sp³-hybridized carbons (Fsp3) is 0.235. The Morgan fingerprint density at radius 1 is 1.29 bits per heavy atom. The van der Waals surface area contributed by atoms with Crippen LogP contribution in [0.4, 0.5) is 10.7 Å². The molecular formula is C17H18N4O5S2. The van der Waals surface area contributed by atoms with Gasteiger partial charge < -0.3 is 10.1 Å². The van der Waals surface area contributed by atoms with Crippen molar-refractivity contribution in [2.75, 3.05) is 12.4 Å². The molecule has 0 atom stereocenters. The Bertz CT molecular complexity index is 913. The number of para-hydroxylation sites is 1. The lowest BCUT2D eigenvalue weighted by atomic mass is 10.1. The number of esters is 1. The summed E-state index contributed by atoms with van der Waals surface area (Å²) in [5, 5.41) is 14.4. The van der Waals surface area contributed by atoms with Crippen LogP contribution in [0, 0.1) is 10.1 Å². The number of thiophene rings is 1. The third kappa shape index (κ3) is 5.47. The van der Waals surface area contributed by atoms with Crippen molar-refractivity contribution in [2.45, 2.75) is 19.8 Å². The highest BCUT2D eigenvalue weighted by molar-refractivity contribution is 7.80. The zero-order valence-corrected chi connectivity index (χ0v) is 16.7. The first kappa shape index (κ1) is 21.3. The zero-order valence-electron chi connectivity index (χ0n) is 15.1. The number of anilines is 1. The number of benzene rings is 1. The molecule has 1 heterocycles. The molecule has 0 fully saturated rings. The Balaban J connectivity index is 1.96. The van der Waals surface area contributed by atoms with E-state index in [-0.39, 0.29) is 22.8 Å². The van der Waals surface area contributed by atoms with Gasteiger partial charge in [0.05, 0.1) is 24.0 Å². The molecule has 28 heavy (non-hydrogen) atoms. The van der Waals surface area contributed by atoms with Crippen LogP contribution in [0.3, 0.4) is 0 Å². The summed E-state index contributed by atoms with van der Waals surface area (Å²) in [5.41, 5.74) is 5.39. The molecule has 0 saturated heterocycles. The van der Waals surface area contributed by atoms with Gasteiger partial charge in [-0.1, -0.05) is 25.1 Å². The predicted octanol–water partition coefficient (Wildman–Crippen LogP) is 2.57. The fourth-order valence-electron chi connectivity index (χ4n) is 2.29. The van der Waals surface area contributed by atoms with Gasteiger partial charge in [-0.2, -0.15) is 0 Å². The van der Waals surface area contributed by atoms with E-state index in [1.165, 1.54) is 36.6 Å². The molecule has 2 aromatic rings. The summed E-state index contributed by atoms with van der Waals surface area (Å²) in [6, 6.07) is 7.70. The molecule has 2 rings (SSSR count). The summed E-state index contributed by atoms with van der Waals surface area (Å²) in [7, 11) is 1.29. The minimum atomic E-state index is -0.543. The number of rotatable bonds is 6. The summed E-state index contributed by atoms with van der Waals surface area (Å²) < 4.78 is 4.75. The summed E-state index contributed by atoms with van der Waals surface area (Å²) in [6.07, 6.45) is 0.544. The molecule has 0 saturated carbocycles. The Kier molecular flexibility index (Phi) is 7.41. The van der Waals surface area contributed by atoms with E-state index in [0.717, 1.165) is 11.3 Å². The molecule has 0 spiro atoms. The fourth-order valence-corrected chi connectivity index (χ4v) is 3.49. The van der Waals surface area contributed by atoms with Crippen LogP contribution in [0.15, 0.2) is 30.3 Å². The zero-order chi connectivity index (χ0) is 20.7. The van der Waals surface area contributed by atoms with E-state index in [2.05, 4.69) is 16.2 Å². The van der Waals surface area contributed by atoms with Crippen LogP contribution >= 0.6 is 23.6 Å². The predicted molar refractivity (Wildman–Crippen MR) is 109 cm³/mol. The van der Waals surface area contributed by atoms with Crippen LogP contribution in [0.1, 0.15) is 27.7 Å². The van der Waals surface area contributed by atoms with Gasteiger partial charge in [0.25, 0.3) is 5.69 Å². The lowest BCUT2D eigenvalue weighted by Crippen LogP contribution is -2.44. The van der Waals surface area contributed by atoms with E-state index in [0.29, 0.717) is 10.6 Å². The maximum Gasteiger partial charge on any atom is 0.340 e. The second-order valence-electron chi connectivity index (χ2n) is 5.49. The molecule has 0 aliphatic carbocycles. The average molecular weight is 422 g/mol. The number of ether oxygens (including phenoxy) is 1. The van der Waals surface area contributed by atoms with Gasteiger partial charge in [0.2, 0.25) is 5.91 Å². The minimum absolute atomic E-state index is 0.0607. The van der Waals surface area contributed by atoms with Crippen LogP contribution in [0.2, 0.25) is 0 Å². The van der Waals surface area contributed by atoms with Crippen molar-refractivity contribution < 1.29 is 19.2 Å². The number of nitro groups is 1. The number of hydrogen-bond acceptors (Lipinski definition) is 7. The first-order valence-corrected chi connectivity index (χ1v) is 9.37. The van der Waals surface area contributed by atoms with Gasteiger partial charge in [0.15, 0.2) is 5.11 Å². The van der Waals surface area contributed by atoms with Gasteiger partial charge in [0.1, 0.15) is 5.00 Å². The van der Waals surface area contributed by atoms with Crippen molar-refractivity contribution in [1.82, 2.24) is 10.9 Å². The molecule has 0 unspecified atom stereocenters. The van der Waals surface area contributed by atoms with Crippen molar-refractivity contribution in [2.24, 2.45) is 0 Å². The molecule has 1 amide bonds. The second-order valence-corrected chi connectivity index (χ2v) is 7.04. The van der Waals surface area contributed by atoms with E-state index in [9.17, 15) is 19.7 Å². The van der Waals surface area contributed by atoms with Gasteiger partial charge in [-0.05, 0) is 24.7 Å². The monoisotopic (exact) mass is 422 g/mol. The van der Waals surface area contributed by atoms with Gasteiger partial charge in [-0.25, -0.2) is 4.79 Å². The number of aryl methyl sites for hydroxylation is 1. The van der Waals surface area contributed by atoms with Gasteiger partial charge in [-0.15, -0.1) is 11.3 Å². The summed E-state index contributed by atoms with van der Waals surface area (Å²) in [6.45, 7) is 1.95. The molecule has 148 valence electrons. The molecule has 1 aromatic heterocycles. The van der Waals surface area contributed by atoms with Crippen LogP contribution in [-0.4, -0.2) is 29.0 Å². The number of thiocarbonyl (C=S) groups is 1. The van der Waals surface area contributed by atoms with E-state index < -0.39 is 16.8 Å². The molecule has 9 nitrogen and oxygen atoms in total. The number of amides is 1. The highest BCUT2D eigenvalue weighted by Crippen LogP contribution is 2.29. The van der Waals surface area contributed by atoms with E-state index in [1.54, 1.807) is 12.1 Å². The van der Waals surface area contributed by atoms with E-state index >= 15 is 0 Å². The Hall–Kier alpha value is -3.05. The van der Waals surface area contributed by atoms with E-state index in [4.69, 9.17) is 17.0 Å². The molecule has 0 bridgehead atoms. The van der Waals surface area contributed by atoms with Crippen molar-refractivity contribution in [3.8, 4) is 0 Å². The molecule has 3 N–H and O–H groups in total. The standard InChI is InChI=1S/C17H18N4O5S2/c1-3-11-9-12(16(23)26-2)15(28-11)18-17(27)20-19-14(22)8-10-6-4-5-7-13(10)21(24)25/h4-7,9H,3,8H2,1-2H3,(H,19,22)(H2,18,20,27). The second kappa shape index (κ2) is 9.76. The lowest BCUT2D eigenvalue weighted by Gasteiger charge is -2.11. The maximum atomic E-state index is 12.1. The average Bonchev–Trinajstić information content (AvgIpc) is 3.09. The molecular weight excluding hydrogens is 404 g/mol. The third-order valence-corrected chi connectivity index (χ3v) is 5.02. The molecule has 0 radical (unpaired) electrons. The van der Waals surface area contributed by atoms with Crippen molar-refractivity contribution in [3.05, 3.63) is 56.5 Å². The van der Waals surface area contributed by atoms with Crippen molar-refractivity contribution >= 4 is 51.2 Å². The minimum Gasteiger partial charge on any atom is -0.465 e. The highest BCUT2D eigenvalue weighted by Gasteiger charge is 2.18. The first-order valence-electron chi connectivity index (χ1n) is 8.14. The number of carbonyl (C=O) groups is 2. The molecule has 1 aromatic carbocycles. The first-order chi connectivity index (χ1) is 13.3. The Labute approximate surface area is 170 Å². The maximum absolute atomic E-state index is 12.1. The van der Waals surface area contributed by atoms with Crippen LogP contribution in [0.25, 0.3) is 0 Å². The van der Waals surface area contributed by atoms with Crippen LogP contribution < -0.4 is 16.2 Å². The molecule has 0 aliphatic rings. The quantitative estimate of drug-likeness (QED) is 0.281. The smallest absolute Gasteiger partial charge is 0.340 e. The number of nitrogens with zero attached hydrogens (tertiary/aromatic N) is 1. The number of hydrogen-bond donors (Lipinski definition) is 3. The number of methoxy groups -OCH3 is 1. The topological polar surface area (TPSA) is 123 Å². The van der Waals surface area contributed by atoms with Crippen molar-refractivity contribution in [1.29, 1.82) is 0 Å². The number of hydrazine groups is 1. The summed E-state index contributed by atoms with van der Waals surface area (Å²) in [4.78, 5) is 35.3. The summed E-state index contributed by atoms with van der Waals surface area (Å²) in [5.74, 6) is -1.01. The number of carbonyl (C=O) groups excluding carboxylic acids is 2. The van der Waals surface area contributed by atoms with E-state index in [1.807, 2.05) is 6.92 Å². The lowest BCUT2D eigenvalue weighted by molar-refractivity contribution is -0.385. The normalized spacial score (nSPS) is 10.1. The Morgan fingerprint density at radius 2 is 2.00 bits per heavy atom. The Morgan fingerprint density at radius 3 is 2.64 bits per heavy atom. The SMILES string of the molecule is CCc1cc(C(=O)OC)c(NC(=S)NNC(=O)Cc2ccccc2[N+](=O)[O-])s1. The van der Waals surface area contributed by atoms with Gasteiger partial charge >= 0.3 is 5.97 Å². The third-order valence-electron chi connectivity index (χ3n) is 3.62. The molecule has 11 heteroatoms. The van der Waals surface area contributed by atoms with Crippen molar-refractivity contribution in [3.63, 3.8) is 0 Å². The van der Waals surface area contributed by atoms with Gasteiger partial charge in [0, 0.05) is 16.5 Å². The summed E-state index contributed by atoms with van der Waals surface area (Å²) >= 11 is 6.47. The molecule has 0 aliphatic heterocycles. The number of nitro benzene ring substituents is 1. The highest BCUT2D eigenvalue weighted by atomic mass is 32.1. The van der Waals surface area contributed by atoms with Crippen LogP contribution in [0.5, 0.6) is 0 Å². The number of nitrogens with one attached hydrogen (secondary N) is 3. The van der Waals surface area contributed by atoms with Gasteiger partial charge in [-0.3, -0.25) is 25.8 Å². The largest absolute Gasteiger partial charge is 0.465 e.